The molecule has 2 N–H and O–H groups in total. The van der Waals surface area contributed by atoms with Gasteiger partial charge in [0.2, 0.25) is 5.91 Å². The Hall–Kier alpha value is -1.87. The fraction of sp³-hybridized carbons (Fsp3) is 0.125. The minimum absolute atomic E-state index is 0.0765. The van der Waals surface area contributed by atoms with Crippen LogP contribution in [0.1, 0.15) is 15.2 Å². The Labute approximate surface area is 83.6 Å². The molecular weight excluding hydrogens is 204 g/mol. The standard InChI is InChI=1S/C8H6N2O3S/c9-4-10-7(11)3-6-5(8(12)13)1-2-14-6/h1-2H,3H2,(H,10,11)(H,12,13). The Morgan fingerprint density at radius 2 is 2.36 bits per heavy atom. The average molecular weight is 210 g/mol. The lowest BCUT2D eigenvalue weighted by molar-refractivity contribution is -0.119. The van der Waals surface area contributed by atoms with Crippen molar-refractivity contribution in [1.29, 1.82) is 5.26 Å². The first-order chi connectivity index (χ1) is 6.65. The second-order valence-electron chi connectivity index (χ2n) is 2.40. The molecule has 0 fully saturated rings. The fourth-order valence-electron chi connectivity index (χ4n) is 0.920. The van der Waals surface area contributed by atoms with E-state index in [4.69, 9.17) is 10.4 Å². The predicted molar refractivity (Wildman–Crippen MR) is 48.7 cm³/mol. The summed E-state index contributed by atoms with van der Waals surface area (Å²) in [7, 11) is 0. The van der Waals surface area contributed by atoms with Crippen LogP contribution in [0, 0.1) is 11.5 Å². The molecule has 0 aromatic carbocycles. The molecule has 0 bridgehead atoms. The molecule has 0 saturated carbocycles. The van der Waals surface area contributed by atoms with Gasteiger partial charge in [-0.05, 0) is 11.4 Å². The molecule has 0 atom stereocenters. The Morgan fingerprint density at radius 1 is 1.64 bits per heavy atom. The zero-order chi connectivity index (χ0) is 10.6. The van der Waals surface area contributed by atoms with Crippen LogP contribution in [0.5, 0.6) is 0 Å². The van der Waals surface area contributed by atoms with Crippen LogP contribution in [0.4, 0.5) is 0 Å². The van der Waals surface area contributed by atoms with Crippen LogP contribution < -0.4 is 5.32 Å². The van der Waals surface area contributed by atoms with E-state index in [-0.39, 0.29) is 12.0 Å². The number of carbonyl (C=O) groups is 2. The number of nitriles is 1. The van der Waals surface area contributed by atoms with Gasteiger partial charge in [0.15, 0.2) is 6.19 Å². The number of carbonyl (C=O) groups excluding carboxylic acids is 1. The third-order valence-electron chi connectivity index (χ3n) is 1.49. The molecule has 0 unspecified atom stereocenters. The molecule has 1 aromatic rings. The van der Waals surface area contributed by atoms with Gasteiger partial charge < -0.3 is 5.11 Å². The minimum Gasteiger partial charge on any atom is -0.478 e. The quantitative estimate of drug-likeness (QED) is 0.564. The van der Waals surface area contributed by atoms with Crippen molar-refractivity contribution in [1.82, 2.24) is 5.32 Å². The van der Waals surface area contributed by atoms with E-state index in [9.17, 15) is 9.59 Å². The first-order valence-electron chi connectivity index (χ1n) is 3.62. The Bertz CT molecular complexity index is 405. The number of aromatic carboxylic acids is 1. The lowest BCUT2D eigenvalue weighted by atomic mass is 10.2. The van der Waals surface area contributed by atoms with Crippen LogP contribution in [0.15, 0.2) is 11.4 Å². The van der Waals surface area contributed by atoms with Gasteiger partial charge in [-0.15, -0.1) is 11.3 Å². The third-order valence-corrected chi connectivity index (χ3v) is 2.41. The van der Waals surface area contributed by atoms with Crippen LogP contribution in [0.3, 0.4) is 0 Å². The Balaban J connectivity index is 2.77. The van der Waals surface area contributed by atoms with Gasteiger partial charge in [0.05, 0.1) is 12.0 Å². The summed E-state index contributed by atoms with van der Waals surface area (Å²) in [6, 6.07) is 1.43. The number of nitrogens with zero attached hydrogens (tertiary/aromatic N) is 1. The lowest BCUT2D eigenvalue weighted by Gasteiger charge is -1.96. The zero-order valence-electron chi connectivity index (χ0n) is 6.98. The maximum absolute atomic E-state index is 11.0. The molecular formula is C8H6N2O3S. The minimum atomic E-state index is -1.06. The molecule has 1 rings (SSSR count). The van der Waals surface area contributed by atoms with E-state index in [2.05, 4.69) is 0 Å². The first kappa shape index (κ1) is 10.2. The molecule has 0 aliphatic carbocycles. The van der Waals surface area contributed by atoms with E-state index in [0.29, 0.717) is 4.88 Å². The number of carboxylic acid groups (broad SMARTS) is 1. The molecule has 6 heteroatoms. The Morgan fingerprint density at radius 3 is 2.93 bits per heavy atom. The summed E-state index contributed by atoms with van der Waals surface area (Å²) < 4.78 is 0. The van der Waals surface area contributed by atoms with Crippen LogP contribution in [0.2, 0.25) is 0 Å². The number of thiophene rings is 1. The van der Waals surface area contributed by atoms with E-state index in [1.54, 1.807) is 5.38 Å². The highest BCUT2D eigenvalue weighted by molar-refractivity contribution is 7.10. The average Bonchev–Trinajstić information content (AvgIpc) is 2.52. The summed E-state index contributed by atoms with van der Waals surface area (Å²) in [6.07, 6.45) is 1.41. The number of carboxylic acids is 1. The summed E-state index contributed by atoms with van der Waals surface area (Å²) in [6.45, 7) is 0. The summed E-state index contributed by atoms with van der Waals surface area (Å²) in [5, 5.41) is 20.4. The lowest BCUT2D eigenvalue weighted by Crippen LogP contribution is -2.19. The van der Waals surface area contributed by atoms with Crippen LogP contribution in [0.25, 0.3) is 0 Å². The van der Waals surface area contributed by atoms with Crippen molar-refractivity contribution in [3.8, 4) is 6.19 Å². The van der Waals surface area contributed by atoms with E-state index in [1.807, 2.05) is 5.32 Å². The maximum atomic E-state index is 11.0. The van der Waals surface area contributed by atoms with Gasteiger partial charge in [0.25, 0.3) is 0 Å². The number of amides is 1. The van der Waals surface area contributed by atoms with Gasteiger partial charge in [-0.3, -0.25) is 10.1 Å². The van der Waals surface area contributed by atoms with Gasteiger partial charge in [-0.1, -0.05) is 0 Å². The number of rotatable bonds is 3. The highest BCUT2D eigenvalue weighted by atomic mass is 32.1. The number of nitrogens with one attached hydrogen (secondary N) is 1. The van der Waals surface area contributed by atoms with Crippen molar-refractivity contribution in [3.05, 3.63) is 21.9 Å². The second kappa shape index (κ2) is 4.39. The molecule has 0 saturated heterocycles. The molecule has 0 spiro atoms. The molecule has 72 valence electrons. The van der Waals surface area contributed by atoms with Gasteiger partial charge in [0.1, 0.15) is 0 Å². The summed E-state index contributed by atoms with van der Waals surface area (Å²) in [5.41, 5.74) is 0.114. The van der Waals surface area contributed by atoms with Gasteiger partial charge in [-0.2, -0.15) is 5.26 Å². The van der Waals surface area contributed by atoms with E-state index >= 15 is 0 Å². The van der Waals surface area contributed by atoms with Gasteiger partial charge in [0, 0.05) is 4.88 Å². The van der Waals surface area contributed by atoms with Crippen molar-refractivity contribution >= 4 is 23.2 Å². The molecule has 1 heterocycles. The molecule has 1 aromatic heterocycles. The van der Waals surface area contributed by atoms with Crippen LogP contribution in [-0.4, -0.2) is 17.0 Å². The van der Waals surface area contributed by atoms with Gasteiger partial charge >= 0.3 is 5.97 Å². The van der Waals surface area contributed by atoms with Crippen molar-refractivity contribution in [2.75, 3.05) is 0 Å². The van der Waals surface area contributed by atoms with Crippen molar-refractivity contribution in [2.45, 2.75) is 6.42 Å². The highest BCUT2D eigenvalue weighted by Gasteiger charge is 2.13. The Kier molecular flexibility index (Phi) is 3.20. The highest BCUT2D eigenvalue weighted by Crippen LogP contribution is 2.17. The second-order valence-corrected chi connectivity index (χ2v) is 3.40. The van der Waals surface area contributed by atoms with Crippen molar-refractivity contribution < 1.29 is 14.7 Å². The molecule has 1 amide bonds. The van der Waals surface area contributed by atoms with E-state index < -0.39 is 11.9 Å². The SMILES string of the molecule is N#CNC(=O)Cc1sccc1C(=O)O. The van der Waals surface area contributed by atoms with Gasteiger partial charge in [-0.25, -0.2) is 4.79 Å². The first-order valence-corrected chi connectivity index (χ1v) is 4.50. The number of hydrogen-bond acceptors (Lipinski definition) is 4. The predicted octanol–water partition coefficient (Wildman–Crippen LogP) is 0.586. The summed E-state index contributed by atoms with van der Waals surface area (Å²) in [5.74, 6) is -1.57. The maximum Gasteiger partial charge on any atom is 0.336 e. The normalized spacial score (nSPS) is 9.07. The van der Waals surface area contributed by atoms with Crippen LogP contribution in [-0.2, 0) is 11.2 Å². The largest absolute Gasteiger partial charge is 0.478 e. The monoisotopic (exact) mass is 210 g/mol. The van der Waals surface area contributed by atoms with Crippen molar-refractivity contribution in [3.63, 3.8) is 0 Å². The van der Waals surface area contributed by atoms with E-state index in [1.165, 1.54) is 23.6 Å². The number of hydrogen-bond donors (Lipinski definition) is 2. The topological polar surface area (TPSA) is 90.2 Å². The van der Waals surface area contributed by atoms with Crippen LogP contribution >= 0.6 is 11.3 Å². The molecule has 14 heavy (non-hydrogen) atoms. The third kappa shape index (κ3) is 2.31. The zero-order valence-corrected chi connectivity index (χ0v) is 7.80. The molecule has 0 radical (unpaired) electrons. The molecule has 5 nitrogen and oxygen atoms in total. The van der Waals surface area contributed by atoms with Crippen molar-refractivity contribution in [2.24, 2.45) is 0 Å². The summed E-state index contributed by atoms with van der Waals surface area (Å²) in [4.78, 5) is 22.0. The smallest absolute Gasteiger partial charge is 0.336 e. The summed E-state index contributed by atoms with van der Waals surface area (Å²) >= 11 is 1.18. The molecule has 0 aliphatic heterocycles. The molecule has 0 aliphatic rings. The van der Waals surface area contributed by atoms with E-state index in [0.717, 1.165) is 0 Å². The fourth-order valence-corrected chi connectivity index (χ4v) is 1.79.